The van der Waals surface area contributed by atoms with Gasteiger partial charge in [0.25, 0.3) is 0 Å². The van der Waals surface area contributed by atoms with Gasteiger partial charge in [0.1, 0.15) is 140 Å². The van der Waals surface area contributed by atoms with Crippen LogP contribution in [0.15, 0.2) is 0 Å². The van der Waals surface area contributed by atoms with Gasteiger partial charge in [-0.1, -0.05) is 20.8 Å². The molecule has 5 aliphatic heterocycles. The van der Waals surface area contributed by atoms with E-state index in [-0.39, 0.29) is 6.42 Å². The highest BCUT2D eigenvalue weighted by atomic mass is 16.8. The number of hydrogen-bond donors (Lipinski definition) is 20. The Bertz CT molecular complexity index is 1540. The van der Waals surface area contributed by atoms with E-state index >= 15 is 0 Å². The number of hydrogen-bond acceptors (Lipinski definition) is 30. The van der Waals surface area contributed by atoms with Crippen LogP contribution in [0.1, 0.15) is 27.2 Å². The van der Waals surface area contributed by atoms with E-state index in [1.54, 1.807) is 20.8 Å². The third-order valence-corrected chi connectivity index (χ3v) is 12.7. The fourth-order valence-electron chi connectivity index (χ4n) is 8.76. The first-order valence-electron chi connectivity index (χ1n) is 22.6. The first-order chi connectivity index (χ1) is 32.9. The quantitative estimate of drug-likeness (QED) is 0.0538. The number of ether oxygens (including phenoxy) is 10. The van der Waals surface area contributed by atoms with Gasteiger partial charge in [-0.3, -0.25) is 0 Å². The smallest absolute Gasteiger partial charge is 0.187 e. The molecule has 30 heteroatoms. The normalized spacial score (nSPS) is 47.1. The molecule has 20 N–H and O–H groups in total. The van der Waals surface area contributed by atoms with Crippen LogP contribution in [0.5, 0.6) is 0 Å². The van der Waals surface area contributed by atoms with E-state index in [2.05, 4.69) is 0 Å². The minimum atomic E-state index is -2.18. The molecule has 5 saturated heterocycles. The van der Waals surface area contributed by atoms with Crippen LogP contribution in [0.3, 0.4) is 0 Å². The van der Waals surface area contributed by atoms with E-state index in [1.807, 2.05) is 0 Å². The van der Waals surface area contributed by atoms with E-state index in [4.69, 9.17) is 47.4 Å². The molecule has 0 aromatic carbocycles. The van der Waals surface area contributed by atoms with Crippen LogP contribution in [0.2, 0.25) is 0 Å². The topological polar surface area (TPSA) is 497 Å². The second-order valence-corrected chi connectivity index (χ2v) is 19.1. The summed E-state index contributed by atoms with van der Waals surface area (Å²) in [5.74, 6) is 0. The van der Waals surface area contributed by atoms with Gasteiger partial charge in [0.2, 0.25) is 0 Å². The average Bonchev–Trinajstić information content (AvgIpc) is 3.32. The Kier molecular flexibility index (Phi) is 21.8. The van der Waals surface area contributed by atoms with Gasteiger partial charge in [-0.15, -0.1) is 0 Å². The summed E-state index contributed by atoms with van der Waals surface area (Å²) in [6, 6.07) is 0. The summed E-state index contributed by atoms with van der Waals surface area (Å²) in [4.78, 5) is 0. The zero-order valence-corrected chi connectivity index (χ0v) is 38.2. The Hall–Kier alpha value is -1.20. The van der Waals surface area contributed by atoms with Gasteiger partial charge < -0.3 is 149 Å². The maximum Gasteiger partial charge on any atom is 0.187 e. The third kappa shape index (κ3) is 13.2. The molecule has 5 aliphatic rings. The van der Waals surface area contributed by atoms with Crippen LogP contribution in [-0.4, -0.2) is 320 Å². The predicted octanol–water partition coefficient (Wildman–Crippen LogP) is -12.0. The SMILES string of the molecule is CC(C)(C)C[C@H](O)[C@@H](O)[C@H](O[C@@H]1O[C@H](CO)[C@@H](O[C@@H]2O[C@H](CO)[C@@H](O[C@@H]3O[C@H](CO)[C@@H](O[C@@H]4O[C@H](CO)[C@@H](O[C@@H]5O[C@H](CO)[C@@H](O)[C@H](O)[C@H]5O)[C@H](O)[C@H]4O)[C@H](O)[C@H]3O)[C@H](O)[C@H]2O)[C@H](O)[C@H]1O)[C@H](O)CO. The molecule has 0 radical (unpaired) electrons. The van der Waals surface area contributed by atoms with Crippen molar-refractivity contribution in [3.63, 3.8) is 0 Å². The van der Waals surface area contributed by atoms with Crippen molar-refractivity contribution < 1.29 is 149 Å². The van der Waals surface area contributed by atoms with Crippen molar-refractivity contribution in [3.05, 3.63) is 0 Å². The Balaban J connectivity index is 1.22. The molecule has 0 aromatic rings. The third-order valence-electron chi connectivity index (χ3n) is 12.7. The highest BCUT2D eigenvalue weighted by molar-refractivity contribution is 4.99. The molecule has 30 nitrogen and oxygen atoms in total. The Morgan fingerprint density at radius 2 is 0.657 bits per heavy atom. The van der Waals surface area contributed by atoms with E-state index in [0.29, 0.717) is 0 Å². The number of rotatable bonds is 20. The van der Waals surface area contributed by atoms with Crippen LogP contribution in [-0.2, 0) is 47.4 Å². The van der Waals surface area contributed by atoms with Crippen molar-refractivity contribution in [1.82, 2.24) is 0 Å². The summed E-state index contributed by atoms with van der Waals surface area (Å²) in [5, 5.41) is 212. The molecular weight excluding hydrogens is 960 g/mol. The van der Waals surface area contributed by atoms with Gasteiger partial charge in [-0.25, -0.2) is 0 Å². The molecule has 5 rings (SSSR count). The van der Waals surface area contributed by atoms with Gasteiger partial charge in [0, 0.05) is 0 Å². The lowest BCUT2D eigenvalue weighted by atomic mass is 9.86. The Morgan fingerprint density at radius 3 is 0.957 bits per heavy atom. The molecule has 0 unspecified atom stereocenters. The van der Waals surface area contributed by atoms with Crippen molar-refractivity contribution in [2.24, 2.45) is 5.41 Å². The lowest BCUT2D eigenvalue weighted by molar-refractivity contribution is -0.394. The lowest BCUT2D eigenvalue weighted by Gasteiger charge is -2.49. The maximum atomic E-state index is 11.3. The van der Waals surface area contributed by atoms with Crippen molar-refractivity contribution in [3.8, 4) is 0 Å². The molecule has 29 atom stereocenters. The molecular formula is C40H72O30. The monoisotopic (exact) mass is 1030 g/mol. The Labute approximate surface area is 399 Å². The van der Waals surface area contributed by atoms with Gasteiger partial charge in [-0.05, 0) is 11.8 Å². The summed E-state index contributed by atoms with van der Waals surface area (Å²) in [6.45, 7) is -0.542. The van der Waals surface area contributed by atoms with Crippen molar-refractivity contribution in [2.45, 2.75) is 205 Å². The summed E-state index contributed by atoms with van der Waals surface area (Å²) in [6.07, 6.45) is -54.8. The fraction of sp³-hybridized carbons (Fsp3) is 1.00. The highest BCUT2D eigenvalue weighted by Crippen LogP contribution is 2.36. The first-order valence-corrected chi connectivity index (χ1v) is 22.6. The van der Waals surface area contributed by atoms with Crippen LogP contribution in [0.4, 0.5) is 0 Å². The standard InChI is InChI=1S/C40H72O30/c1-40(2,3)4-11(47)18(49)30(12(48)5-41)66-36-26(57)21(52)32(14(7-43)62-36)68-38-28(59)23(54)34(16(9-45)64-38)70-39-29(60)24(55)33(17(10-46)65-39)69-37-27(58)22(53)31(15(8-44)63-37)67-35-25(56)20(51)19(50)13(6-42)61-35/h11-39,41-60H,4-10H2,1-3H3/t11-,12+,13+,14+,15+,16+,17+,18+,19+,20-,21+,22+,23+,24+,25+,26+,27+,28+,29+,30+,31+,32+,33+,34+,35-,36-,37-,38-,39-/m0/s1. The fourth-order valence-corrected chi connectivity index (χ4v) is 8.76. The van der Waals surface area contributed by atoms with E-state index < -0.39 is 223 Å². The summed E-state index contributed by atoms with van der Waals surface area (Å²) in [5.41, 5.74) is -0.523. The second-order valence-electron chi connectivity index (χ2n) is 19.1. The minimum absolute atomic E-state index is 0.00713. The summed E-state index contributed by atoms with van der Waals surface area (Å²) in [7, 11) is 0. The highest BCUT2D eigenvalue weighted by Gasteiger charge is 2.57. The maximum absolute atomic E-state index is 11.3. The molecule has 5 fully saturated rings. The van der Waals surface area contributed by atoms with Crippen LogP contribution in [0, 0.1) is 5.41 Å². The molecule has 0 saturated carbocycles. The van der Waals surface area contributed by atoms with E-state index in [0.717, 1.165) is 0 Å². The molecule has 0 bridgehead atoms. The lowest BCUT2D eigenvalue weighted by Crippen LogP contribution is -2.68. The molecule has 5 heterocycles. The zero-order chi connectivity index (χ0) is 52.3. The van der Waals surface area contributed by atoms with Gasteiger partial charge in [-0.2, -0.15) is 0 Å². The van der Waals surface area contributed by atoms with Crippen LogP contribution < -0.4 is 0 Å². The Morgan fingerprint density at radius 1 is 0.371 bits per heavy atom. The van der Waals surface area contributed by atoms with E-state index in [1.165, 1.54) is 0 Å². The molecule has 0 amide bonds. The van der Waals surface area contributed by atoms with Crippen LogP contribution in [0.25, 0.3) is 0 Å². The zero-order valence-electron chi connectivity index (χ0n) is 38.2. The average molecular weight is 1030 g/mol. The number of aliphatic hydroxyl groups excluding tert-OH is 20. The molecule has 0 aromatic heterocycles. The first kappa shape index (κ1) is 59.7. The molecule has 70 heavy (non-hydrogen) atoms. The summed E-state index contributed by atoms with van der Waals surface area (Å²) < 4.78 is 55.8. The summed E-state index contributed by atoms with van der Waals surface area (Å²) >= 11 is 0. The van der Waals surface area contributed by atoms with Gasteiger partial charge in [0.15, 0.2) is 31.5 Å². The predicted molar refractivity (Wildman–Crippen MR) is 218 cm³/mol. The van der Waals surface area contributed by atoms with Crippen LogP contribution >= 0.6 is 0 Å². The van der Waals surface area contributed by atoms with Gasteiger partial charge >= 0.3 is 0 Å². The largest absolute Gasteiger partial charge is 0.394 e. The van der Waals surface area contributed by atoms with Crippen molar-refractivity contribution >= 4 is 0 Å². The second kappa shape index (κ2) is 25.6. The minimum Gasteiger partial charge on any atom is -0.394 e. The van der Waals surface area contributed by atoms with Crippen molar-refractivity contribution in [1.29, 1.82) is 0 Å². The van der Waals surface area contributed by atoms with Gasteiger partial charge in [0.05, 0.1) is 45.7 Å². The van der Waals surface area contributed by atoms with E-state index in [9.17, 15) is 102 Å². The molecule has 0 aliphatic carbocycles. The molecule has 0 spiro atoms. The number of aliphatic hydroxyl groups is 20. The molecule has 412 valence electrons. The van der Waals surface area contributed by atoms with Crippen molar-refractivity contribution in [2.75, 3.05) is 39.6 Å².